The van der Waals surface area contributed by atoms with E-state index in [1.807, 2.05) is 35.2 Å². The maximum Gasteiger partial charge on any atom is 0.249 e. The molecule has 1 aromatic carbocycles. The molecular formula is C18H21N3O3. The highest BCUT2D eigenvalue weighted by molar-refractivity contribution is 5.78. The van der Waals surface area contributed by atoms with Gasteiger partial charge in [0.1, 0.15) is 6.61 Å². The van der Waals surface area contributed by atoms with Crippen molar-refractivity contribution in [1.82, 2.24) is 15.0 Å². The second-order valence-electron chi connectivity index (χ2n) is 6.49. The van der Waals surface area contributed by atoms with Gasteiger partial charge in [0.2, 0.25) is 11.8 Å². The molecule has 1 saturated carbocycles. The van der Waals surface area contributed by atoms with Crippen molar-refractivity contribution < 1.29 is 14.1 Å². The van der Waals surface area contributed by atoms with Gasteiger partial charge in [0.15, 0.2) is 5.82 Å². The summed E-state index contributed by atoms with van der Waals surface area (Å²) in [6, 6.07) is 9.79. The third-order valence-corrected chi connectivity index (χ3v) is 4.59. The minimum Gasteiger partial charge on any atom is -0.367 e. The van der Waals surface area contributed by atoms with Crippen LogP contribution in [0.15, 0.2) is 34.9 Å². The zero-order chi connectivity index (χ0) is 16.4. The summed E-state index contributed by atoms with van der Waals surface area (Å²) in [4.78, 5) is 18.8. The summed E-state index contributed by atoms with van der Waals surface area (Å²) in [5, 5.41) is 4.10. The number of nitrogens with zero attached hydrogens (tertiary/aromatic N) is 3. The standard InChI is InChI=1S/C18H21N3O3/c22-16(12-23-11-13-5-2-1-3-6-13)21-10-4-7-15(21)17-19-18(24-20-17)14-8-9-14/h1-3,5-6,14-15H,4,7-12H2/t15-/m1/s1. The van der Waals surface area contributed by atoms with E-state index >= 15 is 0 Å². The smallest absolute Gasteiger partial charge is 0.249 e. The van der Waals surface area contributed by atoms with Gasteiger partial charge < -0.3 is 14.2 Å². The molecule has 2 aromatic rings. The second kappa shape index (κ2) is 6.73. The van der Waals surface area contributed by atoms with Gasteiger partial charge in [0.25, 0.3) is 0 Å². The van der Waals surface area contributed by atoms with Crippen molar-refractivity contribution in [2.45, 2.75) is 44.2 Å². The molecule has 4 rings (SSSR count). The van der Waals surface area contributed by atoms with E-state index < -0.39 is 0 Å². The molecule has 2 fully saturated rings. The summed E-state index contributed by atoms with van der Waals surface area (Å²) < 4.78 is 10.9. The number of ether oxygens (including phenoxy) is 1. The molecule has 2 aliphatic rings. The lowest BCUT2D eigenvalue weighted by Crippen LogP contribution is -2.34. The van der Waals surface area contributed by atoms with Crippen LogP contribution in [0.1, 0.15) is 54.9 Å². The van der Waals surface area contributed by atoms with E-state index in [9.17, 15) is 4.79 Å². The predicted octanol–water partition coefficient (Wildman–Crippen LogP) is 2.83. The summed E-state index contributed by atoms with van der Waals surface area (Å²) in [6.45, 7) is 1.25. The SMILES string of the molecule is O=C(COCc1ccccc1)N1CCC[C@@H]1c1noc(C2CC2)n1. The Morgan fingerprint density at radius 1 is 1.25 bits per heavy atom. The van der Waals surface area contributed by atoms with Gasteiger partial charge >= 0.3 is 0 Å². The van der Waals surface area contributed by atoms with Gasteiger partial charge in [-0.15, -0.1) is 0 Å². The maximum atomic E-state index is 12.5. The number of benzene rings is 1. The number of amides is 1. The van der Waals surface area contributed by atoms with Crippen LogP contribution in [-0.2, 0) is 16.1 Å². The average molecular weight is 327 g/mol. The van der Waals surface area contributed by atoms with E-state index in [0.29, 0.717) is 18.3 Å². The largest absolute Gasteiger partial charge is 0.367 e. The Bertz CT molecular complexity index is 697. The highest BCUT2D eigenvalue weighted by atomic mass is 16.5. The van der Waals surface area contributed by atoms with E-state index in [4.69, 9.17) is 9.26 Å². The third kappa shape index (κ3) is 3.33. The summed E-state index contributed by atoms with van der Waals surface area (Å²) in [6.07, 6.45) is 4.10. The summed E-state index contributed by atoms with van der Waals surface area (Å²) in [5.74, 6) is 1.80. The Morgan fingerprint density at radius 2 is 2.08 bits per heavy atom. The second-order valence-corrected chi connectivity index (χ2v) is 6.49. The Balaban J connectivity index is 1.34. The highest BCUT2D eigenvalue weighted by Crippen LogP contribution is 2.40. The summed E-state index contributed by atoms with van der Waals surface area (Å²) >= 11 is 0. The first kappa shape index (κ1) is 15.3. The van der Waals surface area contributed by atoms with E-state index in [0.717, 1.165) is 43.7 Å². The minimum absolute atomic E-state index is 0.00815. The summed E-state index contributed by atoms with van der Waals surface area (Å²) in [5.41, 5.74) is 1.07. The van der Waals surface area contributed by atoms with E-state index in [2.05, 4.69) is 10.1 Å². The molecule has 2 heterocycles. The van der Waals surface area contributed by atoms with Crippen LogP contribution < -0.4 is 0 Å². The molecule has 1 aliphatic heterocycles. The first-order valence-corrected chi connectivity index (χ1v) is 8.56. The Morgan fingerprint density at radius 3 is 2.88 bits per heavy atom. The molecule has 1 aliphatic carbocycles. The normalized spacial score (nSPS) is 20.5. The van der Waals surface area contributed by atoms with Crippen molar-refractivity contribution in [2.24, 2.45) is 0 Å². The molecule has 6 heteroatoms. The van der Waals surface area contributed by atoms with E-state index in [-0.39, 0.29) is 18.6 Å². The molecule has 0 bridgehead atoms. The van der Waals surface area contributed by atoms with Crippen LogP contribution in [0.5, 0.6) is 0 Å². The molecule has 1 amide bonds. The quantitative estimate of drug-likeness (QED) is 0.816. The number of hydrogen-bond acceptors (Lipinski definition) is 5. The summed E-state index contributed by atoms with van der Waals surface area (Å²) in [7, 11) is 0. The molecule has 0 spiro atoms. The van der Waals surface area contributed by atoms with Crippen molar-refractivity contribution in [3.63, 3.8) is 0 Å². The van der Waals surface area contributed by atoms with Gasteiger partial charge in [-0.2, -0.15) is 4.98 Å². The van der Waals surface area contributed by atoms with Crippen molar-refractivity contribution in [2.75, 3.05) is 13.2 Å². The molecule has 6 nitrogen and oxygen atoms in total. The molecule has 1 aromatic heterocycles. The number of hydrogen-bond donors (Lipinski definition) is 0. The third-order valence-electron chi connectivity index (χ3n) is 4.59. The predicted molar refractivity (Wildman–Crippen MR) is 86.1 cm³/mol. The fourth-order valence-corrected chi connectivity index (χ4v) is 3.13. The average Bonchev–Trinajstić information content (AvgIpc) is 3.14. The number of carbonyl (C=O) groups excluding carboxylic acids is 1. The molecule has 1 saturated heterocycles. The van der Waals surface area contributed by atoms with Gasteiger partial charge in [0.05, 0.1) is 12.6 Å². The van der Waals surface area contributed by atoms with Crippen LogP contribution in [0.4, 0.5) is 0 Å². The molecular weight excluding hydrogens is 306 g/mol. The fourth-order valence-electron chi connectivity index (χ4n) is 3.13. The Hall–Kier alpha value is -2.21. The number of rotatable bonds is 6. The van der Waals surface area contributed by atoms with Crippen LogP contribution in [-0.4, -0.2) is 34.1 Å². The van der Waals surface area contributed by atoms with Crippen molar-refractivity contribution >= 4 is 5.91 Å². The van der Waals surface area contributed by atoms with Crippen LogP contribution in [0.25, 0.3) is 0 Å². The first-order valence-electron chi connectivity index (χ1n) is 8.56. The molecule has 126 valence electrons. The van der Waals surface area contributed by atoms with Crippen molar-refractivity contribution in [1.29, 1.82) is 0 Å². The molecule has 0 unspecified atom stereocenters. The Labute approximate surface area is 140 Å². The lowest BCUT2D eigenvalue weighted by atomic mass is 10.2. The molecule has 24 heavy (non-hydrogen) atoms. The zero-order valence-electron chi connectivity index (χ0n) is 13.6. The van der Waals surface area contributed by atoms with Gasteiger partial charge in [0, 0.05) is 12.5 Å². The van der Waals surface area contributed by atoms with E-state index in [1.54, 1.807) is 0 Å². The molecule has 0 radical (unpaired) electrons. The monoisotopic (exact) mass is 327 g/mol. The number of carbonyl (C=O) groups is 1. The maximum absolute atomic E-state index is 12.5. The topological polar surface area (TPSA) is 68.5 Å². The minimum atomic E-state index is -0.0749. The van der Waals surface area contributed by atoms with Gasteiger partial charge in [-0.05, 0) is 31.2 Å². The lowest BCUT2D eigenvalue weighted by molar-refractivity contribution is -0.137. The van der Waals surface area contributed by atoms with Gasteiger partial charge in [-0.3, -0.25) is 4.79 Å². The number of likely N-dealkylation sites (tertiary alicyclic amines) is 1. The Kier molecular flexibility index (Phi) is 4.30. The first-order chi connectivity index (χ1) is 11.8. The van der Waals surface area contributed by atoms with Crippen LogP contribution in [0.3, 0.4) is 0 Å². The van der Waals surface area contributed by atoms with Crippen molar-refractivity contribution in [3.05, 3.63) is 47.6 Å². The van der Waals surface area contributed by atoms with Crippen LogP contribution in [0.2, 0.25) is 0 Å². The molecule has 0 N–H and O–H groups in total. The fraction of sp³-hybridized carbons (Fsp3) is 0.500. The van der Waals surface area contributed by atoms with Gasteiger partial charge in [-0.1, -0.05) is 35.5 Å². The van der Waals surface area contributed by atoms with Crippen molar-refractivity contribution in [3.8, 4) is 0 Å². The zero-order valence-corrected chi connectivity index (χ0v) is 13.6. The number of aromatic nitrogens is 2. The lowest BCUT2D eigenvalue weighted by Gasteiger charge is -2.22. The highest BCUT2D eigenvalue weighted by Gasteiger charge is 2.35. The van der Waals surface area contributed by atoms with E-state index in [1.165, 1.54) is 0 Å². The van der Waals surface area contributed by atoms with Crippen LogP contribution in [0, 0.1) is 0 Å². The molecule has 1 atom stereocenters. The van der Waals surface area contributed by atoms with Crippen LogP contribution >= 0.6 is 0 Å². The van der Waals surface area contributed by atoms with Gasteiger partial charge in [-0.25, -0.2) is 0 Å².